The molecule has 0 radical (unpaired) electrons. The van der Waals surface area contributed by atoms with Gasteiger partial charge in [-0.2, -0.15) is 13.9 Å². The number of ether oxygens (including phenoxy) is 3. The maximum absolute atomic E-state index is 12.3. The number of hydrazone groups is 1. The second kappa shape index (κ2) is 7.12. The molecular formula is C11H13F2N3O4. The van der Waals surface area contributed by atoms with E-state index in [2.05, 4.69) is 9.84 Å². The lowest BCUT2D eigenvalue weighted by Crippen LogP contribution is -2.24. The smallest absolute Gasteiger partial charge is 0.387 e. The maximum Gasteiger partial charge on any atom is 0.387 e. The van der Waals surface area contributed by atoms with Crippen molar-refractivity contribution in [2.24, 2.45) is 10.8 Å². The minimum absolute atomic E-state index is 0.0326. The highest BCUT2D eigenvalue weighted by molar-refractivity contribution is 5.83. The van der Waals surface area contributed by atoms with Crippen molar-refractivity contribution in [3.05, 3.63) is 17.7 Å². The van der Waals surface area contributed by atoms with Gasteiger partial charge in [0, 0.05) is 5.56 Å². The Morgan fingerprint density at radius 1 is 1.35 bits per heavy atom. The van der Waals surface area contributed by atoms with Gasteiger partial charge in [-0.05, 0) is 12.1 Å². The quantitative estimate of drug-likeness (QED) is 0.609. The highest BCUT2D eigenvalue weighted by Crippen LogP contribution is 2.39. The largest absolute Gasteiger partial charge is 0.493 e. The number of primary amides is 1. The van der Waals surface area contributed by atoms with Gasteiger partial charge in [0.1, 0.15) is 0 Å². The number of halogens is 2. The monoisotopic (exact) mass is 289 g/mol. The molecule has 0 saturated heterocycles. The number of hydrogen-bond donors (Lipinski definition) is 2. The van der Waals surface area contributed by atoms with Crippen molar-refractivity contribution in [1.29, 1.82) is 0 Å². The van der Waals surface area contributed by atoms with Crippen LogP contribution in [0, 0.1) is 0 Å². The van der Waals surface area contributed by atoms with Crippen molar-refractivity contribution in [3.63, 3.8) is 0 Å². The zero-order valence-corrected chi connectivity index (χ0v) is 10.7. The minimum Gasteiger partial charge on any atom is -0.493 e. The molecule has 1 aromatic carbocycles. The molecule has 0 bridgehead atoms. The number of carbonyl (C=O) groups is 1. The van der Waals surface area contributed by atoms with Crippen LogP contribution in [0.3, 0.4) is 0 Å². The van der Waals surface area contributed by atoms with Crippen LogP contribution >= 0.6 is 0 Å². The van der Waals surface area contributed by atoms with E-state index in [1.54, 1.807) is 0 Å². The molecule has 1 rings (SSSR count). The van der Waals surface area contributed by atoms with Crippen molar-refractivity contribution in [2.75, 3.05) is 14.2 Å². The van der Waals surface area contributed by atoms with Crippen LogP contribution in [0.4, 0.5) is 13.6 Å². The van der Waals surface area contributed by atoms with E-state index in [0.717, 1.165) is 0 Å². The van der Waals surface area contributed by atoms with Crippen LogP contribution in [0.25, 0.3) is 0 Å². The Labute approximate surface area is 113 Å². The summed E-state index contributed by atoms with van der Waals surface area (Å²) in [6.07, 6.45) is 1.24. The van der Waals surface area contributed by atoms with Gasteiger partial charge in [0.05, 0.1) is 20.4 Å². The summed E-state index contributed by atoms with van der Waals surface area (Å²) in [7, 11) is 2.57. The van der Waals surface area contributed by atoms with E-state index in [1.165, 1.54) is 32.6 Å². The van der Waals surface area contributed by atoms with E-state index in [1.807, 2.05) is 5.43 Å². The summed E-state index contributed by atoms with van der Waals surface area (Å²) in [6, 6.07) is 1.93. The van der Waals surface area contributed by atoms with E-state index in [-0.39, 0.29) is 17.2 Å². The number of amides is 2. The van der Waals surface area contributed by atoms with Gasteiger partial charge >= 0.3 is 12.6 Å². The number of urea groups is 1. The molecule has 7 nitrogen and oxygen atoms in total. The highest BCUT2D eigenvalue weighted by Gasteiger charge is 2.17. The molecule has 0 heterocycles. The summed E-state index contributed by atoms with van der Waals surface area (Å²) in [4.78, 5) is 10.5. The van der Waals surface area contributed by atoms with Crippen molar-refractivity contribution < 1.29 is 27.8 Å². The molecule has 110 valence electrons. The second-order valence-corrected chi connectivity index (χ2v) is 3.37. The van der Waals surface area contributed by atoms with Crippen molar-refractivity contribution in [3.8, 4) is 17.2 Å². The third-order valence-corrected chi connectivity index (χ3v) is 2.08. The third kappa shape index (κ3) is 4.26. The fourth-order valence-corrected chi connectivity index (χ4v) is 1.35. The Morgan fingerprint density at radius 2 is 1.90 bits per heavy atom. The van der Waals surface area contributed by atoms with E-state index in [0.29, 0.717) is 5.56 Å². The first-order valence-corrected chi connectivity index (χ1v) is 5.27. The SMILES string of the molecule is COc1cc(/C=N\NC(N)=O)cc(OC)c1OC(F)F. The molecule has 1 aromatic rings. The number of nitrogens with one attached hydrogen (secondary N) is 1. The summed E-state index contributed by atoms with van der Waals surface area (Å²) < 4.78 is 38.9. The van der Waals surface area contributed by atoms with E-state index in [4.69, 9.17) is 15.2 Å². The molecule has 2 amide bonds. The number of benzene rings is 1. The number of carbonyl (C=O) groups excluding carboxylic acids is 1. The number of nitrogens with two attached hydrogens (primary N) is 1. The Balaban J connectivity index is 3.11. The molecule has 0 atom stereocenters. The summed E-state index contributed by atoms with van der Waals surface area (Å²) >= 11 is 0. The van der Waals surface area contributed by atoms with Crippen LogP contribution < -0.4 is 25.4 Å². The maximum atomic E-state index is 12.3. The molecular weight excluding hydrogens is 276 g/mol. The van der Waals surface area contributed by atoms with E-state index in [9.17, 15) is 13.6 Å². The van der Waals surface area contributed by atoms with Crippen LogP contribution in [-0.4, -0.2) is 33.1 Å². The van der Waals surface area contributed by atoms with E-state index >= 15 is 0 Å². The normalized spacial score (nSPS) is 10.7. The minimum atomic E-state index is -3.02. The fraction of sp³-hybridized carbons (Fsp3) is 0.273. The molecule has 0 aliphatic carbocycles. The first-order chi connectivity index (χ1) is 9.47. The van der Waals surface area contributed by atoms with Gasteiger partial charge in [-0.25, -0.2) is 10.2 Å². The lowest BCUT2D eigenvalue weighted by molar-refractivity contribution is -0.0526. The number of hydrogen-bond acceptors (Lipinski definition) is 5. The van der Waals surface area contributed by atoms with Gasteiger partial charge in [-0.3, -0.25) is 0 Å². The van der Waals surface area contributed by atoms with E-state index < -0.39 is 12.6 Å². The predicted octanol–water partition coefficient (Wildman–Crippen LogP) is 1.31. The molecule has 0 unspecified atom stereocenters. The summed E-state index contributed by atoms with van der Waals surface area (Å²) in [5.41, 5.74) is 7.25. The zero-order chi connectivity index (χ0) is 15.1. The fourth-order valence-electron chi connectivity index (χ4n) is 1.35. The molecule has 0 fully saturated rings. The molecule has 0 aliphatic heterocycles. The van der Waals surface area contributed by atoms with Crippen LogP contribution in [-0.2, 0) is 0 Å². The van der Waals surface area contributed by atoms with Gasteiger partial charge in [0.2, 0.25) is 5.75 Å². The molecule has 20 heavy (non-hydrogen) atoms. The Bertz CT molecular complexity index is 483. The first-order valence-electron chi connectivity index (χ1n) is 5.27. The van der Waals surface area contributed by atoms with Gasteiger partial charge in [0.25, 0.3) is 0 Å². The van der Waals surface area contributed by atoms with Gasteiger partial charge in [0.15, 0.2) is 11.5 Å². The number of rotatable bonds is 6. The highest BCUT2D eigenvalue weighted by atomic mass is 19.3. The average Bonchev–Trinajstić information content (AvgIpc) is 2.38. The number of alkyl halides is 2. The first kappa shape index (κ1) is 15.5. The second-order valence-electron chi connectivity index (χ2n) is 3.37. The molecule has 0 spiro atoms. The van der Waals surface area contributed by atoms with Crippen LogP contribution in [0.15, 0.2) is 17.2 Å². The number of methoxy groups -OCH3 is 2. The standard InChI is InChI=1S/C11H13F2N3O4/c1-18-7-3-6(5-15-16-11(14)17)4-8(19-2)9(7)20-10(12)13/h3-5,10H,1-2H3,(H3,14,16,17)/b15-5-. The Morgan fingerprint density at radius 3 is 2.30 bits per heavy atom. The van der Waals surface area contributed by atoms with Crippen LogP contribution in [0.1, 0.15) is 5.56 Å². The molecule has 3 N–H and O–H groups in total. The molecule has 0 aromatic heterocycles. The Hall–Kier alpha value is -2.58. The summed E-state index contributed by atoms with van der Waals surface area (Å²) in [5.74, 6) is -0.166. The molecule has 0 aliphatic rings. The van der Waals surface area contributed by atoms with Crippen molar-refractivity contribution >= 4 is 12.2 Å². The van der Waals surface area contributed by atoms with Gasteiger partial charge in [-0.15, -0.1) is 0 Å². The molecule has 9 heteroatoms. The summed E-state index contributed by atoms with van der Waals surface area (Å²) in [5, 5.41) is 3.53. The lowest BCUT2D eigenvalue weighted by atomic mass is 10.2. The zero-order valence-electron chi connectivity index (χ0n) is 10.7. The van der Waals surface area contributed by atoms with Crippen molar-refractivity contribution in [2.45, 2.75) is 6.61 Å². The van der Waals surface area contributed by atoms with Gasteiger partial charge in [-0.1, -0.05) is 0 Å². The topological polar surface area (TPSA) is 95.2 Å². The van der Waals surface area contributed by atoms with Crippen molar-refractivity contribution in [1.82, 2.24) is 5.43 Å². The van der Waals surface area contributed by atoms with Crippen LogP contribution in [0.2, 0.25) is 0 Å². The molecule has 0 saturated carbocycles. The predicted molar refractivity (Wildman–Crippen MR) is 66.5 cm³/mol. The lowest BCUT2D eigenvalue weighted by Gasteiger charge is -2.14. The number of nitrogens with zero attached hydrogens (tertiary/aromatic N) is 1. The summed E-state index contributed by atoms with van der Waals surface area (Å²) in [6.45, 7) is -3.02. The van der Waals surface area contributed by atoms with Crippen LogP contribution in [0.5, 0.6) is 17.2 Å². The third-order valence-electron chi connectivity index (χ3n) is 2.08. The van der Waals surface area contributed by atoms with Gasteiger partial charge < -0.3 is 19.9 Å². The Kier molecular flexibility index (Phi) is 5.51. The average molecular weight is 289 g/mol.